The first-order valence-corrected chi connectivity index (χ1v) is 7.42. The number of rotatable bonds is 2. The second kappa shape index (κ2) is 5.17. The van der Waals surface area contributed by atoms with Gasteiger partial charge in [-0.15, -0.1) is 11.3 Å². The van der Waals surface area contributed by atoms with Crippen LogP contribution >= 0.6 is 11.3 Å². The fraction of sp³-hybridized carbons (Fsp3) is 0.176. The lowest BCUT2D eigenvalue weighted by atomic mass is 10.1. The van der Waals surface area contributed by atoms with Gasteiger partial charge in [-0.25, -0.2) is 4.98 Å². The smallest absolute Gasteiger partial charge is 0.135 e. The van der Waals surface area contributed by atoms with E-state index in [9.17, 15) is 0 Å². The second-order valence-electron chi connectivity index (χ2n) is 5.03. The van der Waals surface area contributed by atoms with Crippen LogP contribution < -0.4 is 0 Å². The minimum absolute atomic E-state index is 0.950. The van der Waals surface area contributed by atoms with E-state index in [1.54, 1.807) is 11.3 Å². The molecule has 0 amide bonds. The summed E-state index contributed by atoms with van der Waals surface area (Å²) >= 11 is 1.67. The lowest BCUT2D eigenvalue weighted by Crippen LogP contribution is -1.85. The zero-order valence-corrected chi connectivity index (χ0v) is 12.7. The van der Waals surface area contributed by atoms with Crippen molar-refractivity contribution in [3.63, 3.8) is 0 Å². The molecule has 0 aliphatic heterocycles. The highest BCUT2D eigenvalue weighted by molar-refractivity contribution is 7.20. The quantitative estimate of drug-likeness (QED) is 0.608. The van der Waals surface area contributed by atoms with Crippen LogP contribution in [0.15, 0.2) is 41.4 Å². The van der Waals surface area contributed by atoms with Crippen molar-refractivity contribution in [3.05, 3.63) is 58.1 Å². The SMILES string of the molecule is Cc1cc(C)c(N=Cc2nc3ccccc3s2)c(C)c1. The summed E-state index contributed by atoms with van der Waals surface area (Å²) in [5.74, 6) is 0. The van der Waals surface area contributed by atoms with Crippen LogP contribution in [0.25, 0.3) is 10.2 Å². The first kappa shape index (κ1) is 13.0. The number of aliphatic imine (C=N–C) groups is 1. The topological polar surface area (TPSA) is 25.2 Å². The Morgan fingerprint density at radius 1 is 1.05 bits per heavy atom. The van der Waals surface area contributed by atoms with Crippen LogP contribution in [0, 0.1) is 20.8 Å². The van der Waals surface area contributed by atoms with Crippen molar-refractivity contribution < 1.29 is 0 Å². The number of aryl methyl sites for hydroxylation is 3. The average molecular weight is 280 g/mol. The van der Waals surface area contributed by atoms with E-state index in [-0.39, 0.29) is 0 Å². The van der Waals surface area contributed by atoms with Gasteiger partial charge in [0, 0.05) is 0 Å². The molecule has 0 spiro atoms. The predicted octanol–water partition coefficient (Wildman–Crippen LogP) is 4.97. The maximum absolute atomic E-state index is 4.63. The third-order valence-electron chi connectivity index (χ3n) is 3.25. The molecule has 0 atom stereocenters. The first-order chi connectivity index (χ1) is 9.63. The van der Waals surface area contributed by atoms with E-state index >= 15 is 0 Å². The molecule has 3 rings (SSSR count). The number of fused-ring (bicyclic) bond motifs is 1. The van der Waals surface area contributed by atoms with Gasteiger partial charge in [0.05, 0.1) is 22.1 Å². The summed E-state index contributed by atoms with van der Waals surface area (Å²) in [5.41, 5.74) is 5.78. The molecule has 0 fully saturated rings. The Balaban J connectivity index is 1.98. The Morgan fingerprint density at radius 3 is 2.45 bits per heavy atom. The Kier molecular flexibility index (Phi) is 3.36. The van der Waals surface area contributed by atoms with Gasteiger partial charge in [0.15, 0.2) is 0 Å². The number of nitrogens with zero attached hydrogens (tertiary/aromatic N) is 2. The lowest BCUT2D eigenvalue weighted by Gasteiger charge is -2.05. The highest BCUT2D eigenvalue weighted by Crippen LogP contribution is 2.26. The predicted molar refractivity (Wildman–Crippen MR) is 87.5 cm³/mol. The van der Waals surface area contributed by atoms with Gasteiger partial charge < -0.3 is 0 Å². The number of hydrogen-bond donors (Lipinski definition) is 0. The molecular formula is C17H16N2S. The van der Waals surface area contributed by atoms with Gasteiger partial charge in [-0.1, -0.05) is 29.8 Å². The molecular weight excluding hydrogens is 264 g/mol. The zero-order valence-electron chi connectivity index (χ0n) is 11.8. The van der Waals surface area contributed by atoms with Crippen molar-refractivity contribution in [2.24, 2.45) is 4.99 Å². The van der Waals surface area contributed by atoms with E-state index in [0.717, 1.165) is 16.2 Å². The largest absolute Gasteiger partial charge is 0.253 e. The maximum atomic E-state index is 4.63. The Bertz CT molecular complexity index is 744. The van der Waals surface area contributed by atoms with E-state index in [1.165, 1.54) is 21.4 Å². The molecule has 2 aromatic carbocycles. The summed E-state index contributed by atoms with van der Waals surface area (Å²) in [6.45, 7) is 6.32. The molecule has 1 aromatic heterocycles. The standard InChI is InChI=1S/C17H16N2S/c1-11-8-12(2)17(13(3)9-11)18-10-16-19-14-6-4-5-7-15(14)20-16/h4-10H,1-3H3. The third kappa shape index (κ3) is 2.49. The summed E-state index contributed by atoms with van der Waals surface area (Å²) in [7, 11) is 0. The molecule has 0 unspecified atom stereocenters. The summed E-state index contributed by atoms with van der Waals surface area (Å²) in [6, 6.07) is 12.5. The maximum Gasteiger partial charge on any atom is 0.135 e. The fourth-order valence-electron chi connectivity index (χ4n) is 2.44. The van der Waals surface area contributed by atoms with Crippen LogP contribution in [0.4, 0.5) is 5.69 Å². The molecule has 3 aromatic rings. The molecule has 0 aliphatic rings. The summed E-state index contributed by atoms with van der Waals surface area (Å²) in [5, 5.41) is 0.950. The van der Waals surface area contributed by atoms with Crippen molar-refractivity contribution >= 4 is 33.5 Å². The molecule has 0 radical (unpaired) electrons. The van der Waals surface area contributed by atoms with Crippen LogP contribution in [0.3, 0.4) is 0 Å². The van der Waals surface area contributed by atoms with Crippen LogP contribution in [0.2, 0.25) is 0 Å². The number of benzene rings is 2. The summed E-state index contributed by atoms with van der Waals surface area (Å²) in [6.07, 6.45) is 1.87. The highest BCUT2D eigenvalue weighted by atomic mass is 32.1. The molecule has 20 heavy (non-hydrogen) atoms. The average Bonchev–Trinajstić information content (AvgIpc) is 2.80. The van der Waals surface area contributed by atoms with Crippen molar-refractivity contribution in [1.29, 1.82) is 0 Å². The summed E-state index contributed by atoms with van der Waals surface area (Å²) in [4.78, 5) is 9.21. The number of aromatic nitrogens is 1. The van der Waals surface area contributed by atoms with Gasteiger partial charge in [0.1, 0.15) is 5.01 Å². The molecule has 100 valence electrons. The summed E-state index contributed by atoms with van der Waals surface area (Å²) < 4.78 is 1.20. The third-order valence-corrected chi connectivity index (χ3v) is 4.22. The van der Waals surface area contributed by atoms with E-state index in [1.807, 2.05) is 24.4 Å². The van der Waals surface area contributed by atoms with E-state index < -0.39 is 0 Å². The van der Waals surface area contributed by atoms with E-state index in [0.29, 0.717) is 0 Å². The molecule has 0 saturated heterocycles. The van der Waals surface area contributed by atoms with Crippen molar-refractivity contribution in [2.75, 3.05) is 0 Å². The van der Waals surface area contributed by atoms with E-state index in [4.69, 9.17) is 0 Å². The Morgan fingerprint density at radius 2 is 1.75 bits per heavy atom. The second-order valence-corrected chi connectivity index (χ2v) is 6.09. The molecule has 2 nitrogen and oxygen atoms in total. The van der Waals surface area contributed by atoms with Gasteiger partial charge >= 0.3 is 0 Å². The lowest BCUT2D eigenvalue weighted by molar-refractivity contribution is 1.29. The Labute approximate surface area is 122 Å². The van der Waals surface area contributed by atoms with E-state index in [2.05, 4.69) is 48.9 Å². The number of hydrogen-bond acceptors (Lipinski definition) is 3. The van der Waals surface area contributed by atoms with Crippen molar-refractivity contribution in [3.8, 4) is 0 Å². The molecule has 3 heteroatoms. The fourth-order valence-corrected chi connectivity index (χ4v) is 3.28. The van der Waals surface area contributed by atoms with Crippen LogP contribution in [0.5, 0.6) is 0 Å². The van der Waals surface area contributed by atoms with Crippen molar-refractivity contribution in [2.45, 2.75) is 20.8 Å². The zero-order chi connectivity index (χ0) is 14.1. The van der Waals surface area contributed by atoms with Gasteiger partial charge in [-0.3, -0.25) is 4.99 Å². The Hall–Kier alpha value is -2.00. The normalized spacial score (nSPS) is 11.6. The molecule has 0 saturated carbocycles. The van der Waals surface area contributed by atoms with Crippen LogP contribution in [-0.2, 0) is 0 Å². The van der Waals surface area contributed by atoms with Gasteiger partial charge in [-0.05, 0) is 44.0 Å². The number of para-hydroxylation sites is 1. The van der Waals surface area contributed by atoms with Crippen LogP contribution in [-0.4, -0.2) is 11.2 Å². The minimum Gasteiger partial charge on any atom is -0.253 e. The molecule has 0 bridgehead atoms. The van der Waals surface area contributed by atoms with Gasteiger partial charge in [0.25, 0.3) is 0 Å². The van der Waals surface area contributed by atoms with Gasteiger partial charge in [0.2, 0.25) is 0 Å². The molecule has 0 N–H and O–H groups in total. The number of thiazole rings is 1. The van der Waals surface area contributed by atoms with Gasteiger partial charge in [-0.2, -0.15) is 0 Å². The van der Waals surface area contributed by atoms with Crippen LogP contribution in [0.1, 0.15) is 21.7 Å². The highest BCUT2D eigenvalue weighted by Gasteiger charge is 2.03. The van der Waals surface area contributed by atoms with Crippen molar-refractivity contribution in [1.82, 2.24) is 4.98 Å². The minimum atomic E-state index is 0.950. The monoisotopic (exact) mass is 280 g/mol. The first-order valence-electron chi connectivity index (χ1n) is 6.61. The molecule has 0 aliphatic carbocycles. The molecule has 1 heterocycles.